The van der Waals surface area contributed by atoms with Crippen LogP contribution in [0.2, 0.25) is 0 Å². The minimum absolute atomic E-state index is 0.247. The molecule has 8 heteroatoms. The van der Waals surface area contributed by atoms with Crippen LogP contribution in [0.1, 0.15) is 26.6 Å². The van der Waals surface area contributed by atoms with Crippen LogP contribution in [0.3, 0.4) is 0 Å². The van der Waals surface area contributed by atoms with E-state index in [0.717, 1.165) is 21.4 Å². The molecule has 0 atom stereocenters. The first-order valence-corrected chi connectivity index (χ1v) is 9.14. The van der Waals surface area contributed by atoms with E-state index in [-0.39, 0.29) is 11.4 Å². The second-order valence-corrected chi connectivity index (χ2v) is 7.51. The molecule has 0 spiro atoms. The SMILES string of the molecule is COC(=O)c1sc2nc(/C(Cl)=C/c3cccc(Br)c3)[nH]c(=O)c2c1C. The lowest BCUT2D eigenvalue weighted by molar-refractivity contribution is 0.0605. The monoisotopic (exact) mass is 438 g/mol. The van der Waals surface area contributed by atoms with Crippen LogP contribution in [0, 0.1) is 6.92 Å². The molecular weight excluding hydrogens is 428 g/mol. The molecule has 2 heterocycles. The van der Waals surface area contributed by atoms with Crippen molar-refractivity contribution in [1.29, 1.82) is 0 Å². The van der Waals surface area contributed by atoms with Gasteiger partial charge in [-0.1, -0.05) is 39.7 Å². The molecule has 0 fully saturated rings. The Balaban J connectivity index is 2.12. The van der Waals surface area contributed by atoms with Crippen molar-refractivity contribution in [3.05, 3.63) is 60.9 Å². The predicted molar refractivity (Wildman–Crippen MR) is 104 cm³/mol. The average molecular weight is 440 g/mol. The molecule has 0 saturated carbocycles. The van der Waals surface area contributed by atoms with Crippen LogP contribution in [-0.4, -0.2) is 23.0 Å². The van der Waals surface area contributed by atoms with Crippen molar-refractivity contribution in [2.24, 2.45) is 0 Å². The lowest BCUT2D eigenvalue weighted by Crippen LogP contribution is -2.10. The molecule has 0 aliphatic carbocycles. The highest BCUT2D eigenvalue weighted by molar-refractivity contribution is 9.10. The van der Waals surface area contributed by atoms with Gasteiger partial charge in [-0.25, -0.2) is 9.78 Å². The molecule has 3 aromatic rings. The van der Waals surface area contributed by atoms with Gasteiger partial charge in [0.25, 0.3) is 5.56 Å². The lowest BCUT2D eigenvalue weighted by Gasteiger charge is -2.01. The molecule has 25 heavy (non-hydrogen) atoms. The Morgan fingerprint density at radius 2 is 2.20 bits per heavy atom. The Bertz CT molecular complexity index is 1070. The number of hydrogen-bond acceptors (Lipinski definition) is 5. The van der Waals surface area contributed by atoms with Crippen LogP contribution in [0.4, 0.5) is 0 Å². The van der Waals surface area contributed by atoms with Gasteiger partial charge in [0.15, 0.2) is 5.82 Å². The zero-order chi connectivity index (χ0) is 18.1. The van der Waals surface area contributed by atoms with E-state index >= 15 is 0 Å². The number of nitrogens with zero attached hydrogens (tertiary/aromatic N) is 1. The number of carbonyl (C=O) groups excluding carboxylic acids is 1. The number of nitrogens with one attached hydrogen (secondary N) is 1. The maximum atomic E-state index is 12.4. The fourth-order valence-electron chi connectivity index (χ4n) is 2.36. The number of rotatable bonds is 3. The third-order valence-electron chi connectivity index (χ3n) is 3.54. The summed E-state index contributed by atoms with van der Waals surface area (Å²) >= 11 is 10.8. The van der Waals surface area contributed by atoms with Crippen molar-refractivity contribution in [2.45, 2.75) is 6.92 Å². The number of benzene rings is 1. The quantitative estimate of drug-likeness (QED) is 0.606. The van der Waals surface area contributed by atoms with Gasteiger partial charge in [0, 0.05) is 4.47 Å². The molecule has 3 rings (SSSR count). The minimum Gasteiger partial charge on any atom is -0.465 e. The summed E-state index contributed by atoms with van der Waals surface area (Å²) in [5, 5.41) is 0.670. The number of esters is 1. The Labute approximate surface area is 160 Å². The van der Waals surface area contributed by atoms with E-state index in [1.54, 1.807) is 13.0 Å². The average Bonchev–Trinajstić information content (AvgIpc) is 2.91. The molecule has 0 aliphatic heterocycles. The Kier molecular flexibility index (Phi) is 5.08. The first-order chi connectivity index (χ1) is 11.9. The van der Waals surface area contributed by atoms with Crippen LogP contribution in [-0.2, 0) is 4.74 Å². The van der Waals surface area contributed by atoms with Crippen LogP contribution < -0.4 is 5.56 Å². The number of hydrogen-bond donors (Lipinski definition) is 1. The zero-order valence-corrected chi connectivity index (χ0v) is 16.4. The number of ether oxygens (including phenoxy) is 1. The minimum atomic E-state index is -0.489. The third kappa shape index (κ3) is 3.53. The topological polar surface area (TPSA) is 72.0 Å². The molecule has 2 aromatic heterocycles. The van der Waals surface area contributed by atoms with Crippen LogP contribution in [0.25, 0.3) is 21.3 Å². The number of H-pyrrole nitrogens is 1. The maximum absolute atomic E-state index is 12.4. The van der Waals surface area contributed by atoms with Crippen LogP contribution in [0.5, 0.6) is 0 Å². The standard InChI is InChI=1S/C17H12BrClN2O3S/c1-8-12-15(22)20-14(21-16(12)25-13(8)17(23)24-2)11(19)7-9-4-3-5-10(18)6-9/h3-7H,1-2H3,(H,20,21,22)/b11-7-. The van der Waals surface area contributed by atoms with E-state index in [2.05, 4.69) is 25.9 Å². The van der Waals surface area contributed by atoms with Crippen molar-refractivity contribution in [3.8, 4) is 0 Å². The van der Waals surface area contributed by atoms with Gasteiger partial charge in [0.2, 0.25) is 0 Å². The second-order valence-electron chi connectivity index (χ2n) is 5.19. The summed E-state index contributed by atoms with van der Waals surface area (Å²) in [6.07, 6.45) is 1.71. The molecule has 1 N–H and O–H groups in total. The van der Waals surface area contributed by atoms with Gasteiger partial charge in [-0.3, -0.25) is 4.79 Å². The van der Waals surface area contributed by atoms with Crippen molar-refractivity contribution < 1.29 is 9.53 Å². The normalized spacial score (nSPS) is 11.8. The molecule has 0 saturated heterocycles. The van der Waals surface area contributed by atoms with E-state index in [9.17, 15) is 9.59 Å². The number of fused-ring (bicyclic) bond motifs is 1. The maximum Gasteiger partial charge on any atom is 0.348 e. The lowest BCUT2D eigenvalue weighted by atomic mass is 10.2. The molecule has 0 aliphatic rings. The van der Waals surface area contributed by atoms with E-state index in [0.29, 0.717) is 25.7 Å². The first-order valence-electron chi connectivity index (χ1n) is 7.15. The summed E-state index contributed by atoms with van der Waals surface area (Å²) in [6.45, 7) is 1.70. The number of carbonyl (C=O) groups is 1. The third-order valence-corrected chi connectivity index (χ3v) is 5.49. The molecule has 0 amide bonds. The Morgan fingerprint density at radius 1 is 1.44 bits per heavy atom. The zero-order valence-electron chi connectivity index (χ0n) is 13.2. The summed E-state index contributed by atoms with van der Waals surface area (Å²) in [5.74, 6) is -0.242. The fraction of sp³-hybridized carbons (Fsp3) is 0.118. The second kappa shape index (κ2) is 7.11. The number of aryl methyl sites for hydroxylation is 1. The number of thiophene rings is 1. The first kappa shape index (κ1) is 17.8. The molecule has 0 radical (unpaired) electrons. The molecule has 128 valence electrons. The molecule has 0 unspecified atom stereocenters. The molecule has 0 bridgehead atoms. The van der Waals surface area contributed by atoms with Gasteiger partial charge in [0.05, 0.1) is 17.5 Å². The Hall–Kier alpha value is -1.96. The summed E-state index contributed by atoms with van der Waals surface area (Å²) in [7, 11) is 1.30. The molecule has 1 aromatic carbocycles. The van der Waals surface area contributed by atoms with Crippen LogP contribution in [0.15, 0.2) is 33.5 Å². The van der Waals surface area contributed by atoms with Crippen molar-refractivity contribution in [2.75, 3.05) is 7.11 Å². The fourth-order valence-corrected chi connectivity index (χ4v) is 4.09. The number of aromatic nitrogens is 2. The number of aromatic amines is 1. The molecule has 5 nitrogen and oxygen atoms in total. The van der Waals surface area contributed by atoms with Gasteiger partial charge < -0.3 is 9.72 Å². The summed E-state index contributed by atoms with van der Waals surface area (Å²) in [4.78, 5) is 32.1. The highest BCUT2D eigenvalue weighted by Crippen LogP contribution is 2.29. The van der Waals surface area contributed by atoms with Crippen molar-refractivity contribution in [1.82, 2.24) is 9.97 Å². The highest BCUT2D eigenvalue weighted by Gasteiger charge is 2.20. The molecular formula is C17H12BrClN2O3S. The van der Waals surface area contributed by atoms with Gasteiger partial charge >= 0.3 is 5.97 Å². The highest BCUT2D eigenvalue weighted by atomic mass is 79.9. The summed E-state index contributed by atoms with van der Waals surface area (Å²) in [5.41, 5.74) is 1.07. The van der Waals surface area contributed by atoms with E-state index in [4.69, 9.17) is 16.3 Å². The van der Waals surface area contributed by atoms with Gasteiger partial charge in [-0.05, 0) is 36.3 Å². The predicted octanol–water partition coefficient (Wildman–Crippen LogP) is 4.58. The van der Waals surface area contributed by atoms with Crippen molar-refractivity contribution >= 4 is 66.2 Å². The number of halogens is 2. The van der Waals surface area contributed by atoms with E-state index < -0.39 is 5.97 Å². The van der Waals surface area contributed by atoms with Crippen LogP contribution >= 0.6 is 38.9 Å². The summed E-state index contributed by atoms with van der Waals surface area (Å²) < 4.78 is 5.66. The van der Waals surface area contributed by atoms with E-state index in [1.165, 1.54) is 7.11 Å². The van der Waals surface area contributed by atoms with Gasteiger partial charge in [-0.2, -0.15) is 0 Å². The largest absolute Gasteiger partial charge is 0.465 e. The summed E-state index contributed by atoms with van der Waals surface area (Å²) in [6, 6.07) is 7.56. The Morgan fingerprint density at radius 3 is 2.88 bits per heavy atom. The van der Waals surface area contributed by atoms with Gasteiger partial charge in [-0.15, -0.1) is 11.3 Å². The number of methoxy groups -OCH3 is 1. The van der Waals surface area contributed by atoms with Crippen molar-refractivity contribution in [3.63, 3.8) is 0 Å². The van der Waals surface area contributed by atoms with Gasteiger partial charge in [0.1, 0.15) is 9.71 Å². The van der Waals surface area contributed by atoms with E-state index in [1.807, 2.05) is 24.3 Å². The smallest absolute Gasteiger partial charge is 0.348 e.